The summed E-state index contributed by atoms with van der Waals surface area (Å²) in [5.74, 6) is 0.709. The van der Waals surface area contributed by atoms with Gasteiger partial charge in [-0.1, -0.05) is 36.2 Å². The minimum atomic E-state index is 0.376. The molecule has 17 heavy (non-hydrogen) atoms. The molecule has 3 heteroatoms. The Labute approximate surface area is 109 Å². The Bertz CT molecular complexity index is 401. The van der Waals surface area contributed by atoms with E-state index < -0.39 is 0 Å². The molecule has 1 rings (SSSR count). The van der Waals surface area contributed by atoms with Gasteiger partial charge >= 0.3 is 0 Å². The van der Waals surface area contributed by atoms with Crippen molar-refractivity contribution in [3.63, 3.8) is 0 Å². The van der Waals surface area contributed by atoms with Crippen LogP contribution in [0.25, 0.3) is 6.08 Å². The highest BCUT2D eigenvalue weighted by Crippen LogP contribution is 2.26. The molecule has 0 aliphatic rings. The Balaban J connectivity index is 2.87. The molecular formula is C14H20ClNO. The summed E-state index contributed by atoms with van der Waals surface area (Å²) >= 11 is 6.08. The molecule has 0 fully saturated rings. The van der Waals surface area contributed by atoms with Crippen molar-refractivity contribution in [2.75, 3.05) is 13.7 Å². The minimum absolute atomic E-state index is 0.376. The number of nitrogens with one attached hydrogen (secondary N) is 1. The number of benzene rings is 1. The number of methoxy groups -OCH3 is 1. The van der Waals surface area contributed by atoms with Gasteiger partial charge in [-0.25, -0.2) is 0 Å². The van der Waals surface area contributed by atoms with Gasteiger partial charge in [-0.2, -0.15) is 0 Å². The number of hydrogen-bond acceptors (Lipinski definition) is 2. The first-order valence-electron chi connectivity index (χ1n) is 5.83. The molecule has 1 aromatic rings. The van der Waals surface area contributed by atoms with E-state index in [1.807, 2.05) is 18.2 Å². The number of halogens is 1. The molecule has 94 valence electrons. The summed E-state index contributed by atoms with van der Waals surface area (Å²) in [5.41, 5.74) is 2.38. The lowest BCUT2D eigenvalue weighted by atomic mass is 10.1. The van der Waals surface area contributed by atoms with Crippen molar-refractivity contribution >= 4 is 17.7 Å². The number of rotatable bonds is 5. The maximum absolute atomic E-state index is 6.08. The predicted octanol–water partition coefficient (Wildman–Crippen LogP) is 3.75. The fourth-order valence-corrected chi connectivity index (χ4v) is 1.89. The third kappa shape index (κ3) is 4.06. The van der Waals surface area contributed by atoms with Crippen LogP contribution in [0.4, 0.5) is 0 Å². The smallest absolute Gasteiger partial charge is 0.137 e. The van der Waals surface area contributed by atoms with Crippen molar-refractivity contribution in [3.05, 3.63) is 34.4 Å². The molecule has 0 aliphatic carbocycles. The van der Waals surface area contributed by atoms with Crippen LogP contribution in [0.2, 0.25) is 5.02 Å². The monoisotopic (exact) mass is 253 g/mol. The van der Waals surface area contributed by atoms with E-state index >= 15 is 0 Å². The van der Waals surface area contributed by atoms with Crippen molar-refractivity contribution in [1.29, 1.82) is 0 Å². The fourth-order valence-electron chi connectivity index (χ4n) is 1.63. The van der Waals surface area contributed by atoms with Crippen LogP contribution in [0.15, 0.2) is 23.8 Å². The summed E-state index contributed by atoms with van der Waals surface area (Å²) in [6.45, 7) is 7.34. The second-order valence-electron chi connectivity index (χ2n) is 4.06. The van der Waals surface area contributed by atoms with Crippen LogP contribution in [0.3, 0.4) is 0 Å². The number of likely N-dealkylation sites (N-methyl/N-ethyl adjacent to an activating group) is 1. The first kappa shape index (κ1) is 14.1. The number of hydrogen-bond donors (Lipinski definition) is 1. The third-order valence-corrected chi connectivity index (χ3v) is 3.06. The minimum Gasteiger partial charge on any atom is -0.495 e. The van der Waals surface area contributed by atoms with Crippen molar-refractivity contribution in [1.82, 2.24) is 5.32 Å². The van der Waals surface area contributed by atoms with Gasteiger partial charge in [-0.3, -0.25) is 0 Å². The quantitative estimate of drug-likeness (QED) is 0.863. The molecule has 0 saturated carbocycles. The molecule has 1 aromatic carbocycles. The number of ether oxygens (including phenoxy) is 1. The molecule has 0 heterocycles. The summed E-state index contributed by atoms with van der Waals surface area (Å²) in [6.07, 6.45) is 2.14. The van der Waals surface area contributed by atoms with Crippen molar-refractivity contribution < 1.29 is 4.74 Å². The molecule has 0 saturated heterocycles. The Morgan fingerprint density at radius 2 is 2.24 bits per heavy atom. The summed E-state index contributed by atoms with van der Waals surface area (Å²) in [7, 11) is 1.62. The topological polar surface area (TPSA) is 21.3 Å². The van der Waals surface area contributed by atoms with E-state index in [1.54, 1.807) is 7.11 Å². The van der Waals surface area contributed by atoms with E-state index in [-0.39, 0.29) is 0 Å². The Morgan fingerprint density at radius 3 is 2.76 bits per heavy atom. The fraction of sp³-hybridized carbons (Fsp3) is 0.429. The van der Waals surface area contributed by atoms with E-state index in [0.717, 1.165) is 12.1 Å². The SMILES string of the molecule is CCNC(C)/C(C)=C/c1ccc(OC)c(Cl)c1. The van der Waals surface area contributed by atoms with Gasteiger partial charge in [0.05, 0.1) is 12.1 Å². The lowest BCUT2D eigenvalue weighted by Gasteiger charge is -2.13. The maximum atomic E-state index is 6.08. The lowest BCUT2D eigenvalue weighted by molar-refractivity contribution is 0.415. The van der Waals surface area contributed by atoms with Crippen LogP contribution in [0, 0.1) is 0 Å². The van der Waals surface area contributed by atoms with Gasteiger partial charge in [0.1, 0.15) is 5.75 Å². The second kappa shape index (κ2) is 6.67. The molecule has 0 bridgehead atoms. The molecule has 0 spiro atoms. The van der Waals surface area contributed by atoms with Gasteiger partial charge in [0.15, 0.2) is 0 Å². The standard InChI is InChI=1S/C14H20ClNO/c1-5-16-11(3)10(2)8-12-6-7-14(17-4)13(15)9-12/h6-9,11,16H,5H2,1-4H3/b10-8+. The summed E-state index contributed by atoms with van der Waals surface area (Å²) < 4.78 is 5.13. The molecule has 1 atom stereocenters. The van der Waals surface area contributed by atoms with Crippen molar-refractivity contribution in [3.8, 4) is 5.75 Å². The van der Waals surface area contributed by atoms with Crippen molar-refractivity contribution in [2.24, 2.45) is 0 Å². The van der Waals surface area contributed by atoms with Gasteiger partial charge in [0.25, 0.3) is 0 Å². The van der Waals surface area contributed by atoms with Crippen molar-refractivity contribution in [2.45, 2.75) is 26.8 Å². The zero-order valence-corrected chi connectivity index (χ0v) is 11.6. The predicted molar refractivity (Wildman–Crippen MR) is 74.8 cm³/mol. The molecule has 1 unspecified atom stereocenters. The van der Waals surface area contributed by atoms with Gasteiger partial charge in [0.2, 0.25) is 0 Å². The van der Waals surface area contributed by atoms with Gasteiger partial charge < -0.3 is 10.1 Å². The first-order chi connectivity index (χ1) is 8.08. The van der Waals surface area contributed by atoms with Crippen LogP contribution in [-0.4, -0.2) is 19.7 Å². The Kier molecular flexibility index (Phi) is 5.52. The van der Waals surface area contributed by atoms with Crippen LogP contribution in [-0.2, 0) is 0 Å². The van der Waals surface area contributed by atoms with E-state index in [9.17, 15) is 0 Å². The molecular weight excluding hydrogens is 234 g/mol. The Hall–Kier alpha value is -0.990. The highest BCUT2D eigenvalue weighted by Gasteiger charge is 2.04. The first-order valence-corrected chi connectivity index (χ1v) is 6.21. The van der Waals surface area contributed by atoms with Crippen LogP contribution < -0.4 is 10.1 Å². The van der Waals surface area contributed by atoms with Crippen LogP contribution >= 0.6 is 11.6 Å². The summed E-state index contributed by atoms with van der Waals surface area (Å²) in [6, 6.07) is 6.19. The lowest BCUT2D eigenvalue weighted by Crippen LogP contribution is -2.26. The second-order valence-corrected chi connectivity index (χ2v) is 4.47. The van der Waals surface area contributed by atoms with E-state index in [4.69, 9.17) is 16.3 Å². The largest absolute Gasteiger partial charge is 0.495 e. The molecule has 0 amide bonds. The van der Waals surface area contributed by atoms with Gasteiger partial charge in [-0.15, -0.1) is 0 Å². The van der Waals surface area contributed by atoms with Crippen LogP contribution in [0.1, 0.15) is 26.3 Å². The van der Waals surface area contributed by atoms with E-state index in [1.165, 1.54) is 5.57 Å². The highest BCUT2D eigenvalue weighted by atomic mass is 35.5. The van der Waals surface area contributed by atoms with Gasteiger partial charge in [-0.05, 0) is 38.1 Å². The van der Waals surface area contributed by atoms with Crippen LogP contribution in [0.5, 0.6) is 5.75 Å². The average molecular weight is 254 g/mol. The van der Waals surface area contributed by atoms with E-state index in [0.29, 0.717) is 16.8 Å². The third-order valence-electron chi connectivity index (χ3n) is 2.76. The molecule has 0 aromatic heterocycles. The van der Waals surface area contributed by atoms with Gasteiger partial charge in [0, 0.05) is 6.04 Å². The summed E-state index contributed by atoms with van der Waals surface area (Å²) in [5, 5.41) is 4.02. The zero-order chi connectivity index (χ0) is 12.8. The maximum Gasteiger partial charge on any atom is 0.137 e. The molecule has 0 aliphatic heterocycles. The molecule has 0 radical (unpaired) electrons. The average Bonchev–Trinajstić information content (AvgIpc) is 2.29. The summed E-state index contributed by atoms with van der Waals surface area (Å²) in [4.78, 5) is 0. The normalized spacial score (nSPS) is 13.6. The van der Waals surface area contributed by atoms with E-state index in [2.05, 4.69) is 32.2 Å². The molecule has 2 nitrogen and oxygen atoms in total. The highest BCUT2D eigenvalue weighted by molar-refractivity contribution is 6.32. The molecule has 1 N–H and O–H groups in total. The Morgan fingerprint density at radius 1 is 1.53 bits per heavy atom. The zero-order valence-electron chi connectivity index (χ0n) is 10.9.